The molecule has 0 unspecified atom stereocenters. The summed E-state index contributed by atoms with van der Waals surface area (Å²) in [6, 6.07) is 0. The second kappa shape index (κ2) is 2.30. The van der Waals surface area contributed by atoms with E-state index >= 15 is 0 Å². The molecule has 1 nitrogen and oxygen atoms in total. The van der Waals surface area contributed by atoms with E-state index in [2.05, 4.69) is 13.8 Å². The van der Waals surface area contributed by atoms with Crippen LogP contribution in [0.15, 0.2) is 0 Å². The van der Waals surface area contributed by atoms with Crippen LogP contribution < -0.4 is 5.73 Å². The SMILES string of the molecule is C[C@@H]1CCC[C@]1(C)CN. The van der Waals surface area contributed by atoms with Crippen molar-refractivity contribution in [1.82, 2.24) is 0 Å². The van der Waals surface area contributed by atoms with Crippen molar-refractivity contribution >= 4 is 0 Å². The molecule has 2 atom stereocenters. The highest BCUT2D eigenvalue weighted by Gasteiger charge is 2.33. The first-order chi connectivity index (χ1) is 4.19. The molecule has 0 aromatic rings. The van der Waals surface area contributed by atoms with E-state index < -0.39 is 0 Å². The zero-order chi connectivity index (χ0) is 6.91. The summed E-state index contributed by atoms with van der Waals surface area (Å²) in [6.45, 7) is 5.50. The van der Waals surface area contributed by atoms with Crippen LogP contribution >= 0.6 is 0 Å². The summed E-state index contributed by atoms with van der Waals surface area (Å²) in [5.41, 5.74) is 6.13. The van der Waals surface area contributed by atoms with E-state index in [1.807, 2.05) is 0 Å². The maximum absolute atomic E-state index is 5.66. The van der Waals surface area contributed by atoms with Gasteiger partial charge in [-0.3, -0.25) is 0 Å². The Bertz CT molecular complexity index is 101. The van der Waals surface area contributed by atoms with Gasteiger partial charge in [0, 0.05) is 0 Å². The van der Waals surface area contributed by atoms with E-state index in [1.165, 1.54) is 19.3 Å². The number of hydrogen-bond donors (Lipinski definition) is 1. The van der Waals surface area contributed by atoms with Crippen molar-refractivity contribution in [3.05, 3.63) is 0 Å². The van der Waals surface area contributed by atoms with E-state index in [0.717, 1.165) is 12.5 Å². The number of hydrogen-bond acceptors (Lipinski definition) is 1. The van der Waals surface area contributed by atoms with Gasteiger partial charge >= 0.3 is 0 Å². The zero-order valence-electron chi connectivity index (χ0n) is 6.48. The average Bonchev–Trinajstić information content (AvgIpc) is 2.15. The normalized spacial score (nSPS) is 43.7. The van der Waals surface area contributed by atoms with E-state index in [1.54, 1.807) is 0 Å². The second-order valence-corrected chi connectivity index (χ2v) is 3.65. The van der Waals surface area contributed by atoms with Crippen molar-refractivity contribution in [3.8, 4) is 0 Å². The van der Waals surface area contributed by atoms with Gasteiger partial charge in [-0.1, -0.05) is 26.7 Å². The lowest BCUT2D eigenvalue weighted by molar-refractivity contribution is 0.258. The first kappa shape index (κ1) is 7.07. The molecule has 0 saturated heterocycles. The fourth-order valence-electron chi connectivity index (χ4n) is 1.71. The number of nitrogens with two attached hydrogens (primary N) is 1. The van der Waals surface area contributed by atoms with Crippen LogP contribution in [0, 0.1) is 11.3 Å². The van der Waals surface area contributed by atoms with Crippen LogP contribution in [0.25, 0.3) is 0 Å². The highest BCUT2D eigenvalue weighted by Crippen LogP contribution is 2.41. The van der Waals surface area contributed by atoms with Crippen LogP contribution in [0.2, 0.25) is 0 Å². The lowest BCUT2D eigenvalue weighted by Crippen LogP contribution is -2.29. The molecule has 0 radical (unpaired) electrons. The summed E-state index contributed by atoms with van der Waals surface area (Å²) < 4.78 is 0. The van der Waals surface area contributed by atoms with Crippen molar-refractivity contribution < 1.29 is 0 Å². The molecule has 0 spiro atoms. The van der Waals surface area contributed by atoms with Gasteiger partial charge in [-0.2, -0.15) is 0 Å². The van der Waals surface area contributed by atoms with Gasteiger partial charge in [0.25, 0.3) is 0 Å². The van der Waals surface area contributed by atoms with E-state index in [4.69, 9.17) is 5.73 Å². The molecule has 1 heteroatoms. The maximum atomic E-state index is 5.66. The first-order valence-electron chi connectivity index (χ1n) is 3.89. The predicted octanol–water partition coefficient (Wildman–Crippen LogP) is 1.77. The molecule has 1 fully saturated rings. The monoisotopic (exact) mass is 127 g/mol. The minimum absolute atomic E-state index is 0.472. The van der Waals surface area contributed by atoms with E-state index in [-0.39, 0.29) is 0 Å². The predicted molar refractivity (Wildman–Crippen MR) is 40.2 cm³/mol. The Morgan fingerprint density at radius 2 is 2.33 bits per heavy atom. The van der Waals surface area contributed by atoms with Gasteiger partial charge in [0.15, 0.2) is 0 Å². The molecule has 1 saturated carbocycles. The average molecular weight is 127 g/mol. The minimum atomic E-state index is 0.472. The summed E-state index contributed by atoms with van der Waals surface area (Å²) >= 11 is 0. The summed E-state index contributed by atoms with van der Waals surface area (Å²) in [5.74, 6) is 0.850. The molecule has 9 heavy (non-hydrogen) atoms. The van der Waals surface area contributed by atoms with Crippen molar-refractivity contribution in [2.45, 2.75) is 33.1 Å². The Morgan fingerprint density at radius 3 is 2.56 bits per heavy atom. The van der Waals surface area contributed by atoms with Gasteiger partial charge < -0.3 is 5.73 Å². The summed E-state index contributed by atoms with van der Waals surface area (Å²) in [5, 5.41) is 0. The fourth-order valence-corrected chi connectivity index (χ4v) is 1.71. The molecule has 0 bridgehead atoms. The molecule has 54 valence electrons. The van der Waals surface area contributed by atoms with Gasteiger partial charge in [0.1, 0.15) is 0 Å². The van der Waals surface area contributed by atoms with E-state index in [0.29, 0.717) is 5.41 Å². The fraction of sp³-hybridized carbons (Fsp3) is 1.00. The lowest BCUT2D eigenvalue weighted by Gasteiger charge is -2.26. The number of rotatable bonds is 1. The van der Waals surface area contributed by atoms with Crippen molar-refractivity contribution in [3.63, 3.8) is 0 Å². The quantitative estimate of drug-likeness (QED) is 0.570. The first-order valence-corrected chi connectivity index (χ1v) is 3.89. The third-order valence-electron chi connectivity index (χ3n) is 3.04. The molecule has 0 heterocycles. The van der Waals surface area contributed by atoms with Gasteiger partial charge in [0.2, 0.25) is 0 Å². The second-order valence-electron chi connectivity index (χ2n) is 3.65. The minimum Gasteiger partial charge on any atom is -0.330 e. The third-order valence-corrected chi connectivity index (χ3v) is 3.04. The Morgan fingerprint density at radius 1 is 1.67 bits per heavy atom. The van der Waals surface area contributed by atoms with Gasteiger partial charge in [-0.25, -0.2) is 0 Å². The molecule has 0 aliphatic heterocycles. The Balaban J connectivity index is 2.56. The molecule has 1 rings (SSSR count). The van der Waals surface area contributed by atoms with Crippen LogP contribution in [0.5, 0.6) is 0 Å². The van der Waals surface area contributed by atoms with Crippen molar-refractivity contribution in [1.29, 1.82) is 0 Å². The highest BCUT2D eigenvalue weighted by atomic mass is 14.6. The van der Waals surface area contributed by atoms with Gasteiger partial charge in [0.05, 0.1) is 0 Å². The smallest absolute Gasteiger partial charge is 0.00206 e. The Kier molecular flexibility index (Phi) is 1.80. The van der Waals surface area contributed by atoms with E-state index in [9.17, 15) is 0 Å². The van der Waals surface area contributed by atoms with Crippen LogP contribution in [0.3, 0.4) is 0 Å². The molecule has 2 N–H and O–H groups in total. The Labute approximate surface area is 57.6 Å². The van der Waals surface area contributed by atoms with Gasteiger partial charge in [-0.05, 0) is 24.3 Å². The van der Waals surface area contributed by atoms with Crippen molar-refractivity contribution in [2.75, 3.05) is 6.54 Å². The third kappa shape index (κ3) is 1.11. The lowest BCUT2D eigenvalue weighted by atomic mass is 9.81. The molecule has 0 aromatic heterocycles. The van der Waals surface area contributed by atoms with Crippen LogP contribution in [-0.2, 0) is 0 Å². The van der Waals surface area contributed by atoms with Crippen LogP contribution in [-0.4, -0.2) is 6.54 Å². The van der Waals surface area contributed by atoms with Crippen LogP contribution in [0.1, 0.15) is 33.1 Å². The molecule has 1 aliphatic carbocycles. The largest absolute Gasteiger partial charge is 0.330 e. The van der Waals surface area contributed by atoms with Gasteiger partial charge in [-0.15, -0.1) is 0 Å². The highest BCUT2D eigenvalue weighted by molar-refractivity contribution is 4.86. The molecule has 0 aromatic carbocycles. The Hall–Kier alpha value is -0.0400. The summed E-state index contributed by atoms with van der Waals surface area (Å²) in [6.07, 6.45) is 4.10. The molecule has 0 amide bonds. The standard InChI is InChI=1S/C8H17N/c1-7-4-3-5-8(7,2)6-9/h7H,3-6,9H2,1-2H3/t7-,8-/m1/s1. The summed E-state index contributed by atoms with van der Waals surface area (Å²) in [7, 11) is 0. The van der Waals surface area contributed by atoms with Crippen LogP contribution in [0.4, 0.5) is 0 Å². The molecular weight excluding hydrogens is 110 g/mol. The maximum Gasteiger partial charge on any atom is -0.00206 e. The topological polar surface area (TPSA) is 26.0 Å². The van der Waals surface area contributed by atoms with Crippen molar-refractivity contribution in [2.24, 2.45) is 17.1 Å². The summed E-state index contributed by atoms with van der Waals surface area (Å²) in [4.78, 5) is 0. The molecular formula is C8H17N. The molecule has 1 aliphatic rings. The zero-order valence-corrected chi connectivity index (χ0v) is 6.48.